The van der Waals surface area contributed by atoms with Crippen molar-refractivity contribution in [3.8, 4) is 0 Å². The molecule has 15 heavy (non-hydrogen) atoms. The SMILES string of the molecule is CCC(C)(OC)C(=O)NCC(C)CNC. The van der Waals surface area contributed by atoms with Gasteiger partial charge in [-0.1, -0.05) is 13.8 Å². The van der Waals surface area contributed by atoms with Crippen molar-refractivity contribution in [2.24, 2.45) is 5.92 Å². The first kappa shape index (κ1) is 14.4. The molecular weight excluding hydrogens is 192 g/mol. The summed E-state index contributed by atoms with van der Waals surface area (Å²) >= 11 is 0. The van der Waals surface area contributed by atoms with Crippen LogP contribution in [0, 0.1) is 5.92 Å². The molecule has 0 aromatic heterocycles. The van der Waals surface area contributed by atoms with Gasteiger partial charge in [0.25, 0.3) is 5.91 Å². The van der Waals surface area contributed by atoms with Crippen molar-refractivity contribution in [2.45, 2.75) is 32.8 Å². The van der Waals surface area contributed by atoms with Gasteiger partial charge in [-0.3, -0.25) is 4.79 Å². The minimum Gasteiger partial charge on any atom is -0.369 e. The van der Waals surface area contributed by atoms with Gasteiger partial charge in [-0.25, -0.2) is 0 Å². The number of amides is 1. The van der Waals surface area contributed by atoms with Gasteiger partial charge < -0.3 is 15.4 Å². The normalized spacial score (nSPS) is 16.9. The Kier molecular flexibility index (Phi) is 6.52. The average molecular weight is 216 g/mol. The summed E-state index contributed by atoms with van der Waals surface area (Å²) in [6.45, 7) is 7.42. The van der Waals surface area contributed by atoms with E-state index in [2.05, 4.69) is 17.6 Å². The summed E-state index contributed by atoms with van der Waals surface area (Å²) in [7, 11) is 3.48. The monoisotopic (exact) mass is 216 g/mol. The van der Waals surface area contributed by atoms with Gasteiger partial charge in [0.05, 0.1) is 0 Å². The number of rotatable bonds is 7. The molecule has 2 N–H and O–H groups in total. The van der Waals surface area contributed by atoms with Gasteiger partial charge in [-0.15, -0.1) is 0 Å². The van der Waals surface area contributed by atoms with Crippen LogP contribution in [0.15, 0.2) is 0 Å². The minimum atomic E-state index is -0.695. The summed E-state index contributed by atoms with van der Waals surface area (Å²) in [5.41, 5.74) is -0.695. The quantitative estimate of drug-likeness (QED) is 0.661. The number of hydrogen-bond acceptors (Lipinski definition) is 3. The van der Waals surface area contributed by atoms with Crippen LogP contribution < -0.4 is 10.6 Å². The highest BCUT2D eigenvalue weighted by atomic mass is 16.5. The topological polar surface area (TPSA) is 50.4 Å². The predicted molar refractivity (Wildman–Crippen MR) is 61.8 cm³/mol. The Bertz CT molecular complexity index is 191. The Balaban J connectivity index is 4.02. The van der Waals surface area contributed by atoms with Crippen LogP contribution >= 0.6 is 0 Å². The highest BCUT2D eigenvalue weighted by Crippen LogP contribution is 2.13. The van der Waals surface area contributed by atoms with Gasteiger partial charge in [0.2, 0.25) is 0 Å². The van der Waals surface area contributed by atoms with E-state index in [0.29, 0.717) is 18.9 Å². The molecule has 0 aliphatic rings. The second-order valence-electron chi connectivity index (χ2n) is 4.16. The molecule has 0 rings (SSSR count). The van der Waals surface area contributed by atoms with Crippen molar-refractivity contribution < 1.29 is 9.53 Å². The maximum atomic E-state index is 11.8. The highest BCUT2D eigenvalue weighted by Gasteiger charge is 2.30. The molecule has 0 fully saturated rings. The fourth-order valence-corrected chi connectivity index (χ4v) is 1.27. The molecule has 2 atom stereocenters. The van der Waals surface area contributed by atoms with Gasteiger partial charge in [-0.05, 0) is 32.9 Å². The fourth-order valence-electron chi connectivity index (χ4n) is 1.27. The van der Waals surface area contributed by atoms with Crippen LogP contribution in [0.5, 0.6) is 0 Å². The standard InChI is InChI=1S/C11H24N2O2/c1-6-11(3,15-5)10(14)13-8-9(2)7-12-4/h9,12H,6-8H2,1-5H3,(H,13,14). The maximum Gasteiger partial charge on any atom is 0.251 e. The molecule has 0 saturated carbocycles. The van der Waals surface area contributed by atoms with Gasteiger partial charge in [0.15, 0.2) is 0 Å². The van der Waals surface area contributed by atoms with Crippen molar-refractivity contribution in [3.63, 3.8) is 0 Å². The lowest BCUT2D eigenvalue weighted by Gasteiger charge is -2.26. The first-order valence-electron chi connectivity index (χ1n) is 5.48. The highest BCUT2D eigenvalue weighted by molar-refractivity contribution is 5.84. The second-order valence-corrected chi connectivity index (χ2v) is 4.16. The molecule has 0 spiro atoms. The lowest BCUT2D eigenvalue weighted by atomic mass is 10.0. The number of ether oxygens (including phenoxy) is 1. The zero-order valence-corrected chi connectivity index (χ0v) is 10.5. The van der Waals surface area contributed by atoms with Crippen LogP contribution in [0.3, 0.4) is 0 Å². The summed E-state index contributed by atoms with van der Waals surface area (Å²) in [5, 5.41) is 5.98. The van der Waals surface area contributed by atoms with Crippen molar-refractivity contribution in [3.05, 3.63) is 0 Å². The van der Waals surface area contributed by atoms with E-state index in [-0.39, 0.29) is 5.91 Å². The van der Waals surface area contributed by atoms with Crippen LogP contribution in [0.4, 0.5) is 0 Å². The average Bonchev–Trinajstić information content (AvgIpc) is 2.25. The summed E-state index contributed by atoms with van der Waals surface area (Å²) < 4.78 is 5.21. The Hall–Kier alpha value is -0.610. The molecule has 0 aromatic rings. The lowest BCUT2D eigenvalue weighted by molar-refractivity contribution is -0.141. The van der Waals surface area contributed by atoms with E-state index < -0.39 is 5.60 Å². The number of carbonyl (C=O) groups is 1. The zero-order chi connectivity index (χ0) is 11.9. The van der Waals surface area contributed by atoms with Crippen LogP contribution in [-0.2, 0) is 9.53 Å². The van der Waals surface area contributed by atoms with Gasteiger partial charge >= 0.3 is 0 Å². The van der Waals surface area contributed by atoms with E-state index in [9.17, 15) is 4.79 Å². The molecular formula is C11H24N2O2. The molecule has 90 valence electrons. The van der Waals surface area contributed by atoms with E-state index >= 15 is 0 Å². The molecule has 0 radical (unpaired) electrons. The van der Waals surface area contributed by atoms with E-state index in [1.165, 1.54) is 0 Å². The third-order valence-electron chi connectivity index (χ3n) is 2.77. The number of carbonyl (C=O) groups excluding carboxylic acids is 1. The molecule has 2 unspecified atom stereocenters. The van der Waals surface area contributed by atoms with Crippen LogP contribution in [0.2, 0.25) is 0 Å². The van der Waals surface area contributed by atoms with Crippen molar-refractivity contribution in [2.75, 3.05) is 27.2 Å². The smallest absolute Gasteiger partial charge is 0.251 e. The molecule has 0 aromatic carbocycles. The Labute approximate surface area is 92.8 Å². The minimum absolute atomic E-state index is 0.0320. The lowest BCUT2D eigenvalue weighted by Crippen LogP contribution is -2.47. The van der Waals surface area contributed by atoms with E-state index in [0.717, 1.165) is 6.54 Å². The fraction of sp³-hybridized carbons (Fsp3) is 0.909. The number of hydrogen-bond donors (Lipinski definition) is 2. The van der Waals surface area contributed by atoms with Crippen molar-refractivity contribution in [1.82, 2.24) is 10.6 Å². The van der Waals surface area contributed by atoms with E-state index in [4.69, 9.17) is 4.74 Å². The third kappa shape index (κ3) is 4.62. The van der Waals surface area contributed by atoms with Crippen LogP contribution in [0.1, 0.15) is 27.2 Å². The number of methoxy groups -OCH3 is 1. The Morgan fingerprint density at radius 2 is 2.07 bits per heavy atom. The summed E-state index contributed by atoms with van der Waals surface area (Å²) in [6, 6.07) is 0. The summed E-state index contributed by atoms with van der Waals surface area (Å²) in [4.78, 5) is 11.8. The molecule has 1 amide bonds. The molecule has 0 aliphatic heterocycles. The van der Waals surface area contributed by atoms with Crippen LogP contribution in [-0.4, -0.2) is 38.8 Å². The van der Waals surface area contributed by atoms with Crippen molar-refractivity contribution >= 4 is 5.91 Å². The predicted octanol–water partition coefficient (Wildman–Crippen LogP) is 0.773. The maximum absolute atomic E-state index is 11.8. The molecule has 0 heterocycles. The molecule has 4 heteroatoms. The molecule has 0 bridgehead atoms. The first-order chi connectivity index (χ1) is 7.00. The first-order valence-corrected chi connectivity index (χ1v) is 5.48. The van der Waals surface area contributed by atoms with Gasteiger partial charge in [-0.2, -0.15) is 0 Å². The molecule has 0 aliphatic carbocycles. The van der Waals surface area contributed by atoms with Gasteiger partial charge in [0, 0.05) is 13.7 Å². The molecule has 4 nitrogen and oxygen atoms in total. The van der Waals surface area contributed by atoms with E-state index in [1.807, 2.05) is 20.9 Å². The number of nitrogens with one attached hydrogen (secondary N) is 2. The Morgan fingerprint density at radius 3 is 2.47 bits per heavy atom. The second kappa shape index (κ2) is 6.80. The Morgan fingerprint density at radius 1 is 1.47 bits per heavy atom. The van der Waals surface area contributed by atoms with Gasteiger partial charge in [0.1, 0.15) is 5.60 Å². The summed E-state index contributed by atoms with van der Waals surface area (Å²) in [5.74, 6) is 0.396. The van der Waals surface area contributed by atoms with Crippen LogP contribution in [0.25, 0.3) is 0 Å². The zero-order valence-electron chi connectivity index (χ0n) is 10.5. The van der Waals surface area contributed by atoms with E-state index in [1.54, 1.807) is 7.11 Å². The molecule has 0 saturated heterocycles. The van der Waals surface area contributed by atoms with Crippen molar-refractivity contribution in [1.29, 1.82) is 0 Å². The largest absolute Gasteiger partial charge is 0.369 e. The summed E-state index contributed by atoms with van der Waals surface area (Å²) in [6.07, 6.45) is 0.676. The third-order valence-corrected chi connectivity index (χ3v) is 2.77.